The monoisotopic (exact) mass is 419 g/mol. The van der Waals surface area contributed by atoms with E-state index in [1.165, 1.54) is 6.92 Å². The topological polar surface area (TPSA) is 83.1 Å². The molecule has 1 aliphatic rings. The van der Waals surface area contributed by atoms with Gasteiger partial charge in [-0.25, -0.2) is 4.79 Å². The van der Waals surface area contributed by atoms with Crippen molar-refractivity contribution in [3.63, 3.8) is 0 Å². The van der Waals surface area contributed by atoms with Crippen LogP contribution in [0.1, 0.15) is 18.1 Å². The van der Waals surface area contributed by atoms with Gasteiger partial charge in [0.2, 0.25) is 0 Å². The second-order valence-electron chi connectivity index (χ2n) is 6.64. The lowest BCUT2D eigenvalue weighted by molar-refractivity contribution is -0.155. The molecule has 0 unspecified atom stereocenters. The van der Waals surface area contributed by atoms with Gasteiger partial charge in [0.15, 0.2) is 24.2 Å². The van der Waals surface area contributed by atoms with Crippen LogP contribution in [0.25, 0.3) is 0 Å². The van der Waals surface area contributed by atoms with E-state index in [0.717, 1.165) is 11.1 Å². The minimum absolute atomic E-state index is 0.315. The van der Waals surface area contributed by atoms with E-state index >= 15 is 0 Å². The molecular formula is C21H22ClNO6. The fourth-order valence-corrected chi connectivity index (χ4v) is 3.23. The minimum Gasteiger partial charge on any atom is -0.486 e. The molecule has 8 heteroatoms. The highest BCUT2D eigenvalue weighted by atomic mass is 35.5. The first-order chi connectivity index (χ1) is 13.8. The summed E-state index contributed by atoms with van der Waals surface area (Å²) < 4.78 is 21.6. The third-order valence-electron chi connectivity index (χ3n) is 4.25. The highest BCUT2D eigenvalue weighted by Gasteiger charge is 2.20. The lowest BCUT2D eigenvalue weighted by atomic mass is 10.1. The molecule has 0 aromatic heterocycles. The number of carbonyl (C=O) groups excluding carboxylic acids is 2. The summed E-state index contributed by atoms with van der Waals surface area (Å²) in [6, 6.07) is 8.56. The van der Waals surface area contributed by atoms with Crippen molar-refractivity contribution >= 4 is 29.2 Å². The summed E-state index contributed by atoms with van der Waals surface area (Å²) in [5.74, 6) is 0.636. The van der Waals surface area contributed by atoms with Gasteiger partial charge in [0, 0.05) is 16.8 Å². The number of hydrogen-bond acceptors (Lipinski definition) is 6. The Balaban J connectivity index is 1.52. The molecule has 1 atom stereocenters. The van der Waals surface area contributed by atoms with Gasteiger partial charge in [0.25, 0.3) is 5.91 Å². The zero-order chi connectivity index (χ0) is 21.0. The number of carbonyl (C=O) groups is 2. The number of anilines is 1. The number of amides is 1. The van der Waals surface area contributed by atoms with Crippen molar-refractivity contribution < 1.29 is 28.5 Å². The van der Waals surface area contributed by atoms with Gasteiger partial charge in [-0.2, -0.15) is 0 Å². The van der Waals surface area contributed by atoms with Gasteiger partial charge in [-0.05, 0) is 56.2 Å². The quantitative estimate of drug-likeness (QED) is 0.719. The molecule has 1 N–H and O–H groups in total. The van der Waals surface area contributed by atoms with E-state index in [0.29, 0.717) is 41.2 Å². The molecule has 1 heterocycles. The molecule has 0 bridgehead atoms. The molecule has 0 fully saturated rings. The van der Waals surface area contributed by atoms with Gasteiger partial charge in [-0.1, -0.05) is 11.6 Å². The average Bonchev–Trinajstić information content (AvgIpc) is 2.67. The number of hydrogen-bond donors (Lipinski definition) is 1. The molecule has 2 aromatic rings. The highest BCUT2D eigenvalue weighted by Crippen LogP contribution is 2.32. The Morgan fingerprint density at radius 2 is 1.76 bits per heavy atom. The average molecular weight is 420 g/mol. The van der Waals surface area contributed by atoms with E-state index in [1.54, 1.807) is 30.3 Å². The number of rotatable bonds is 6. The number of benzene rings is 2. The molecule has 0 saturated carbocycles. The van der Waals surface area contributed by atoms with Gasteiger partial charge < -0.3 is 24.3 Å². The van der Waals surface area contributed by atoms with Crippen molar-refractivity contribution in [3.8, 4) is 17.2 Å². The molecule has 2 aromatic carbocycles. The van der Waals surface area contributed by atoms with Gasteiger partial charge >= 0.3 is 5.97 Å². The molecule has 3 rings (SSSR count). The maximum Gasteiger partial charge on any atom is 0.344 e. The minimum atomic E-state index is -0.994. The van der Waals surface area contributed by atoms with Crippen LogP contribution in [0.5, 0.6) is 17.2 Å². The molecule has 0 saturated heterocycles. The second-order valence-corrected chi connectivity index (χ2v) is 7.07. The fraction of sp³-hybridized carbons (Fsp3) is 0.333. The summed E-state index contributed by atoms with van der Waals surface area (Å²) in [6.45, 7) is 5.79. The normalized spacial score (nSPS) is 13.4. The largest absolute Gasteiger partial charge is 0.486 e. The molecule has 1 amide bonds. The molecule has 154 valence electrons. The van der Waals surface area contributed by atoms with Gasteiger partial charge in [0.05, 0.1) is 0 Å². The standard InChI is InChI=1S/C21H22ClNO6/c1-12-8-15(22)9-13(2)20(12)28-11-19(24)29-14(3)21(25)23-16-4-5-17-18(10-16)27-7-6-26-17/h4-5,8-10,14H,6-7,11H2,1-3H3,(H,23,25)/t14-/m0/s1. The smallest absolute Gasteiger partial charge is 0.344 e. The number of fused-ring (bicyclic) bond motifs is 1. The Morgan fingerprint density at radius 1 is 1.10 bits per heavy atom. The Labute approximate surface area is 173 Å². The Kier molecular flexibility index (Phi) is 6.49. The number of esters is 1. The summed E-state index contributed by atoms with van der Waals surface area (Å²) in [5.41, 5.74) is 2.14. The first-order valence-electron chi connectivity index (χ1n) is 9.13. The maximum absolute atomic E-state index is 12.3. The molecule has 1 aliphatic heterocycles. The lowest BCUT2D eigenvalue weighted by Gasteiger charge is -2.19. The van der Waals surface area contributed by atoms with E-state index in [4.69, 9.17) is 30.5 Å². The van der Waals surface area contributed by atoms with Crippen LogP contribution in [0.2, 0.25) is 5.02 Å². The summed E-state index contributed by atoms with van der Waals surface area (Å²) in [5, 5.41) is 3.28. The number of nitrogens with one attached hydrogen (secondary N) is 1. The van der Waals surface area contributed by atoms with E-state index in [2.05, 4.69) is 5.32 Å². The molecule has 0 radical (unpaired) electrons. The van der Waals surface area contributed by atoms with Crippen LogP contribution in [-0.2, 0) is 14.3 Å². The molecule has 0 spiro atoms. The molecule has 7 nitrogen and oxygen atoms in total. The van der Waals surface area contributed by atoms with Crippen molar-refractivity contribution in [2.75, 3.05) is 25.1 Å². The Bertz CT molecular complexity index is 906. The van der Waals surface area contributed by atoms with E-state index < -0.39 is 18.0 Å². The summed E-state index contributed by atoms with van der Waals surface area (Å²) in [4.78, 5) is 24.4. The Morgan fingerprint density at radius 3 is 2.45 bits per heavy atom. The fourth-order valence-electron chi connectivity index (χ4n) is 2.91. The zero-order valence-corrected chi connectivity index (χ0v) is 17.2. The Hall–Kier alpha value is -2.93. The SMILES string of the molecule is Cc1cc(Cl)cc(C)c1OCC(=O)O[C@@H](C)C(=O)Nc1ccc2c(c1)OCCO2. The van der Waals surface area contributed by atoms with E-state index in [9.17, 15) is 9.59 Å². The first-order valence-corrected chi connectivity index (χ1v) is 9.51. The maximum atomic E-state index is 12.3. The predicted molar refractivity (Wildman–Crippen MR) is 108 cm³/mol. The van der Waals surface area contributed by atoms with Crippen LogP contribution in [0.15, 0.2) is 30.3 Å². The third kappa shape index (κ3) is 5.32. The van der Waals surface area contributed by atoms with Crippen molar-refractivity contribution in [1.82, 2.24) is 0 Å². The number of ether oxygens (including phenoxy) is 4. The van der Waals surface area contributed by atoms with Crippen molar-refractivity contribution in [3.05, 3.63) is 46.5 Å². The highest BCUT2D eigenvalue weighted by molar-refractivity contribution is 6.30. The first kappa shape index (κ1) is 20.8. The van der Waals surface area contributed by atoms with Crippen molar-refractivity contribution in [2.24, 2.45) is 0 Å². The molecule has 29 heavy (non-hydrogen) atoms. The summed E-state index contributed by atoms with van der Waals surface area (Å²) >= 11 is 5.99. The van der Waals surface area contributed by atoms with Gasteiger partial charge in [-0.3, -0.25) is 4.79 Å². The third-order valence-corrected chi connectivity index (χ3v) is 4.46. The lowest BCUT2D eigenvalue weighted by Crippen LogP contribution is -2.31. The van der Waals surface area contributed by atoms with Crippen LogP contribution in [0, 0.1) is 13.8 Å². The van der Waals surface area contributed by atoms with E-state index in [-0.39, 0.29) is 6.61 Å². The number of halogens is 1. The van der Waals surface area contributed by atoms with Crippen LogP contribution in [0.4, 0.5) is 5.69 Å². The molecule has 0 aliphatic carbocycles. The summed E-state index contributed by atoms with van der Waals surface area (Å²) in [6.07, 6.45) is -0.994. The molecular weight excluding hydrogens is 398 g/mol. The number of aryl methyl sites for hydroxylation is 2. The zero-order valence-electron chi connectivity index (χ0n) is 16.4. The van der Waals surface area contributed by atoms with Crippen LogP contribution < -0.4 is 19.5 Å². The van der Waals surface area contributed by atoms with Gasteiger partial charge in [0.1, 0.15) is 19.0 Å². The van der Waals surface area contributed by atoms with Crippen LogP contribution in [0.3, 0.4) is 0 Å². The predicted octanol–water partition coefficient (Wildman–Crippen LogP) is 3.68. The van der Waals surface area contributed by atoms with Crippen LogP contribution >= 0.6 is 11.6 Å². The van der Waals surface area contributed by atoms with Crippen molar-refractivity contribution in [1.29, 1.82) is 0 Å². The summed E-state index contributed by atoms with van der Waals surface area (Å²) in [7, 11) is 0. The van der Waals surface area contributed by atoms with Gasteiger partial charge in [-0.15, -0.1) is 0 Å². The van der Waals surface area contributed by atoms with Crippen LogP contribution in [-0.4, -0.2) is 37.8 Å². The van der Waals surface area contributed by atoms with Crippen molar-refractivity contribution in [2.45, 2.75) is 26.9 Å². The second kappa shape index (κ2) is 9.05. The van der Waals surface area contributed by atoms with E-state index in [1.807, 2.05) is 13.8 Å².